The molecular weight excluding hydrogens is 300 g/mol. The first-order valence-corrected chi connectivity index (χ1v) is 6.76. The van der Waals surface area contributed by atoms with Crippen molar-refractivity contribution in [3.63, 3.8) is 0 Å². The third-order valence-electron chi connectivity index (χ3n) is 3.80. The lowest BCUT2D eigenvalue weighted by Crippen LogP contribution is -2.45. The highest BCUT2D eigenvalue weighted by Crippen LogP contribution is 2.37. The van der Waals surface area contributed by atoms with Crippen molar-refractivity contribution in [2.24, 2.45) is 0 Å². The largest absolute Gasteiger partial charge is 0.478 e. The number of nitro benzene ring substituents is 1. The van der Waals surface area contributed by atoms with Gasteiger partial charge in [-0.3, -0.25) is 10.1 Å². The summed E-state index contributed by atoms with van der Waals surface area (Å²) in [6.07, 6.45) is 2.81. The fraction of sp³-hybridized carbons (Fsp3) is 0.462. The van der Waals surface area contributed by atoms with Gasteiger partial charge in [0.2, 0.25) is 0 Å². The van der Waals surface area contributed by atoms with Crippen molar-refractivity contribution in [1.29, 1.82) is 0 Å². The van der Waals surface area contributed by atoms with Gasteiger partial charge >= 0.3 is 5.97 Å². The van der Waals surface area contributed by atoms with E-state index in [2.05, 4.69) is 5.32 Å². The van der Waals surface area contributed by atoms with Crippen LogP contribution >= 0.6 is 11.6 Å². The number of carboxylic acid groups (broad SMARTS) is 1. The first kappa shape index (κ1) is 15.5. The fourth-order valence-corrected chi connectivity index (χ4v) is 2.60. The van der Waals surface area contributed by atoms with Crippen LogP contribution in [-0.2, 0) is 4.74 Å². The molecule has 0 spiro atoms. The predicted molar refractivity (Wildman–Crippen MR) is 77.1 cm³/mol. The zero-order chi connectivity index (χ0) is 15.6. The van der Waals surface area contributed by atoms with Gasteiger partial charge < -0.3 is 15.2 Å². The van der Waals surface area contributed by atoms with Crippen molar-refractivity contribution in [1.82, 2.24) is 0 Å². The Morgan fingerprint density at radius 3 is 2.67 bits per heavy atom. The predicted octanol–water partition coefficient (Wildman–Crippen LogP) is 2.93. The number of non-ortho nitro benzene ring substituents is 1. The van der Waals surface area contributed by atoms with E-state index in [-0.39, 0.29) is 27.6 Å². The van der Waals surface area contributed by atoms with E-state index in [9.17, 15) is 20.0 Å². The molecule has 1 saturated carbocycles. The molecule has 1 fully saturated rings. The average Bonchev–Trinajstić information content (AvgIpc) is 2.38. The maximum atomic E-state index is 11.3. The topological polar surface area (TPSA) is 102 Å². The molecule has 0 amide bonds. The van der Waals surface area contributed by atoms with Crippen molar-refractivity contribution in [3.05, 3.63) is 32.8 Å². The van der Waals surface area contributed by atoms with Crippen LogP contribution in [0.5, 0.6) is 0 Å². The summed E-state index contributed by atoms with van der Waals surface area (Å²) in [4.78, 5) is 21.4. The molecule has 0 aromatic heterocycles. The minimum absolute atomic E-state index is 0.00664. The minimum atomic E-state index is -1.27. The van der Waals surface area contributed by atoms with Gasteiger partial charge in [-0.15, -0.1) is 0 Å². The molecule has 1 aliphatic carbocycles. The number of ether oxygens (including phenoxy) is 1. The number of methoxy groups -OCH3 is 1. The number of hydrogen-bond donors (Lipinski definition) is 2. The number of halogens is 1. The number of aromatic carboxylic acids is 1. The molecule has 1 aliphatic rings. The second-order valence-corrected chi connectivity index (χ2v) is 5.41. The lowest BCUT2D eigenvalue weighted by atomic mass is 9.80. The maximum Gasteiger partial charge on any atom is 0.338 e. The first-order chi connectivity index (χ1) is 9.88. The quantitative estimate of drug-likeness (QED) is 0.618. The Morgan fingerprint density at radius 2 is 2.24 bits per heavy atom. The summed E-state index contributed by atoms with van der Waals surface area (Å²) in [6, 6.07) is 2.13. The van der Waals surface area contributed by atoms with Crippen LogP contribution in [0.3, 0.4) is 0 Å². The standard InChI is InChI=1S/C13H15ClN2O5/c1-21-13(3-2-4-13)7-15-11-9(12(17)18)5-8(16(19)20)6-10(11)14/h5-6,15H,2-4,7H2,1H3,(H,17,18). The number of hydrogen-bond acceptors (Lipinski definition) is 5. The smallest absolute Gasteiger partial charge is 0.338 e. The molecule has 0 bridgehead atoms. The molecule has 2 N–H and O–H groups in total. The van der Waals surface area contributed by atoms with E-state index in [1.54, 1.807) is 7.11 Å². The number of nitrogens with one attached hydrogen (secondary N) is 1. The molecule has 0 radical (unpaired) electrons. The van der Waals surface area contributed by atoms with Gasteiger partial charge in [0, 0.05) is 25.8 Å². The van der Waals surface area contributed by atoms with E-state index in [1.807, 2.05) is 0 Å². The highest BCUT2D eigenvalue weighted by atomic mass is 35.5. The molecule has 7 nitrogen and oxygen atoms in total. The van der Waals surface area contributed by atoms with Gasteiger partial charge in [0.05, 0.1) is 26.8 Å². The third kappa shape index (κ3) is 3.08. The highest BCUT2D eigenvalue weighted by Gasteiger charge is 2.37. The molecular formula is C13H15ClN2O5. The highest BCUT2D eigenvalue weighted by molar-refractivity contribution is 6.34. The molecule has 8 heteroatoms. The monoisotopic (exact) mass is 314 g/mol. The van der Waals surface area contributed by atoms with Crippen LogP contribution in [0.15, 0.2) is 12.1 Å². The number of anilines is 1. The van der Waals surface area contributed by atoms with Crippen LogP contribution in [0.1, 0.15) is 29.6 Å². The van der Waals surface area contributed by atoms with Gasteiger partial charge in [-0.1, -0.05) is 11.6 Å². The second-order valence-electron chi connectivity index (χ2n) is 5.01. The van der Waals surface area contributed by atoms with Crippen molar-refractivity contribution in [2.75, 3.05) is 19.0 Å². The van der Waals surface area contributed by atoms with Gasteiger partial charge in [0.15, 0.2) is 0 Å². The third-order valence-corrected chi connectivity index (χ3v) is 4.10. The van der Waals surface area contributed by atoms with Crippen LogP contribution in [0, 0.1) is 10.1 Å². The first-order valence-electron chi connectivity index (χ1n) is 6.39. The summed E-state index contributed by atoms with van der Waals surface area (Å²) >= 11 is 5.98. The average molecular weight is 315 g/mol. The van der Waals surface area contributed by atoms with Gasteiger partial charge in [-0.25, -0.2) is 4.79 Å². The minimum Gasteiger partial charge on any atom is -0.478 e. The van der Waals surface area contributed by atoms with Crippen LogP contribution in [0.2, 0.25) is 5.02 Å². The molecule has 21 heavy (non-hydrogen) atoms. The Balaban J connectivity index is 2.29. The molecule has 0 unspecified atom stereocenters. The molecule has 0 aliphatic heterocycles. The van der Waals surface area contributed by atoms with Crippen LogP contribution < -0.4 is 5.32 Å². The Bertz CT molecular complexity index is 581. The number of rotatable bonds is 6. The molecule has 2 rings (SSSR count). The van der Waals surface area contributed by atoms with Crippen LogP contribution in [0.25, 0.3) is 0 Å². The van der Waals surface area contributed by atoms with Crippen molar-refractivity contribution < 1.29 is 19.6 Å². The van der Waals surface area contributed by atoms with Gasteiger partial charge in [-0.05, 0) is 19.3 Å². The van der Waals surface area contributed by atoms with Crippen LogP contribution in [-0.4, -0.2) is 35.3 Å². The summed E-state index contributed by atoms with van der Waals surface area (Å²) in [7, 11) is 1.61. The van der Waals surface area contributed by atoms with Gasteiger partial charge in [0.25, 0.3) is 5.69 Å². The Morgan fingerprint density at radius 1 is 1.57 bits per heavy atom. The molecule has 0 heterocycles. The van der Waals surface area contributed by atoms with Crippen molar-refractivity contribution in [2.45, 2.75) is 24.9 Å². The Kier molecular flexibility index (Phi) is 4.34. The lowest BCUT2D eigenvalue weighted by Gasteiger charge is -2.40. The number of benzene rings is 1. The van der Waals surface area contributed by atoms with E-state index in [1.165, 1.54) is 0 Å². The van der Waals surface area contributed by atoms with Crippen molar-refractivity contribution >= 4 is 28.9 Å². The van der Waals surface area contributed by atoms with E-state index in [0.29, 0.717) is 6.54 Å². The second kappa shape index (κ2) is 5.87. The number of carboxylic acids is 1. The zero-order valence-corrected chi connectivity index (χ0v) is 12.1. The zero-order valence-electron chi connectivity index (χ0n) is 11.4. The molecule has 114 valence electrons. The van der Waals surface area contributed by atoms with Crippen molar-refractivity contribution in [3.8, 4) is 0 Å². The van der Waals surface area contributed by atoms with E-state index >= 15 is 0 Å². The molecule has 0 saturated heterocycles. The Labute approximate surface area is 126 Å². The number of nitro groups is 1. The fourth-order valence-electron chi connectivity index (χ4n) is 2.32. The molecule has 1 aromatic rings. The summed E-state index contributed by atoms with van der Waals surface area (Å²) < 4.78 is 5.44. The van der Waals surface area contributed by atoms with E-state index in [4.69, 9.17) is 16.3 Å². The summed E-state index contributed by atoms with van der Waals surface area (Å²) in [5, 5.41) is 22.9. The lowest BCUT2D eigenvalue weighted by molar-refractivity contribution is -0.384. The Hall–Kier alpha value is -1.86. The summed E-state index contributed by atoms with van der Waals surface area (Å²) in [5.41, 5.74) is -0.716. The van der Waals surface area contributed by atoms with Gasteiger partial charge in [-0.2, -0.15) is 0 Å². The number of nitrogens with zero attached hydrogens (tertiary/aromatic N) is 1. The van der Waals surface area contributed by atoms with E-state index in [0.717, 1.165) is 31.4 Å². The van der Waals surface area contributed by atoms with E-state index < -0.39 is 10.9 Å². The van der Waals surface area contributed by atoms with Crippen LogP contribution in [0.4, 0.5) is 11.4 Å². The molecule has 1 aromatic carbocycles. The number of carbonyl (C=O) groups is 1. The summed E-state index contributed by atoms with van der Waals surface area (Å²) in [6.45, 7) is 0.404. The maximum absolute atomic E-state index is 11.3. The summed E-state index contributed by atoms with van der Waals surface area (Å²) in [5.74, 6) is -1.27. The SMILES string of the molecule is COC1(CNc2c(Cl)cc([N+](=O)[O-])cc2C(=O)O)CCC1. The van der Waals surface area contributed by atoms with Gasteiger partial charge in [0.1, 0.15) is 0 Å². The normalized spacial score (nSPS) is 16.1. The molecule has 0 atom stereocenters.